The number of nitrogens with one attached hydrogen (secondary N) is 1. The van der Waals surface area contributed by atoms with Crippen molar-refractivity contribution in [2.75, 3.05) is 20.1 Å². The molecule has 0 radical (unpaired) electrons. The molecule has 0 aromatic heterocycles. The molecule has 0 spiro atoms. The fourth-order valence-electron chi connectivity index (χ4n) is 1.19. The third-order valence-corrected chi connectivity index (χ3v) is 2.13. The summed E-state index contributed by atoms with van der Waals surface area (Å²) < 4.78 is 0. The van der Waals surface area contributed by atoms with Crippen LogP contribution in [-0.4, -0.2) is 41.8 Å². The molecule has 0 bridgehead atoms. The molecule has 1 heterocycles. The van der Waals surface area contributed by atoms with Crippen LogP contribution in [0.2, 0.25) is 0 Å². The van der Waals surface area contributed by atoms with Crippen molar-refractivity contribution >= 4 is 6.03 Å². The van der Waals surface area contributed by atoms with Gasteiger partial charge in [0.25, 0.3) is 0 Å². The third-order valence-electron chi connectivity index (χ3n) is 2.13. The van der Waals surface area contributed by atoms with E-state index in [9.17, 15) is 9.90 Å². The highest BCUT2D eigenvalue weighted by Crippen LogP contribution is 2.23. The minimum atomic E-state index is -0.619. The number of hydrogen-bond acceptors (Lipinski definition) is 2. The second-order valence-electron chi connectivity index (χ2n) is 2.99. The van der Waals surface area contributed by atoms with Crippen molar-refractivity contribution < 1.29 is 9.90 Å². The van der Waals surface area contributed by atoms with E-state index in [1.807, 2.05) is 6.92 Å². The van der Waals surface area contributed by atoms with Crippen LogP contribution in [0.3, 0.4) is 0 Å². The summed E-state index contributed by atoms with van der Waals surface area (Å²) in [6, 6.07) is -0.108. The average Bonchev–Trinajstić information content (AvgIpc) is 1.97. The summed E-state index contributed by atoms with van der Waals surface area (Å²) in [4.78, 5) is 12.5. The SMILES string of the molecule is CCC1(O)CN(C(=O)NC)C1. The van der Waals surface area contributed by atoms with E-state index in [-0.39, 0.29) is 6.03 Å². The summed E-state index contributed by atoms with van der Waals surface area (Å²) in [7, 11) is 1.59. The first-order chi connectivity index (χ1) is 5.11. The van der Waals surface area contributed by atoms with Gasteiger partial charge in [-0.25, -0.2) is 4.79 Å². The Morgan fingerprint density at radius 1 is 1.73 bits per heavy atom. The first-order valence-corrected chi connectivity index (χ1v) is 3.80. The Balaban J connectivity index is 2.34. The molecule has 0 saturated carbocycles. The van der Waals surface area contributed by atoms with Crippen LogP contribution in [0.4, 0.5) is 4.79 Å². The van der Waals surface area contributed by atoms with Crippen LogP contribution in [-0.2, 0) is 0 Å². The van der Waals surface area contributed by atoms with Gasteiger partial charge in [0, 0.05) is 7.05 Å². The van der Waals surface area contributed by atoms with Gasteiger partial charge < -0.3 is 15.3 Å². The van der Waals surface area contributed by atoms with Crippen LogP contribution < -0.4 is 5.32 Å². The average molecular weight is 158 g/mol. The smallest absolute Gasteiger partial charge is 0.317 e. The second-order valence-corrected chi connectivity index (χ2v) is 2.99. The van der Waals surface area contributed by atoms with Crippen LogP contribution in [0.15, 0.2) is 0 Å². The highest BCUT2D eigenvalue weighted by atomic mass is 16.3. The first-order valence-electron chi connectivity index (χ1n) is 3.80. The number of urea groups is 1. The maximum atomic E-state index is 10.9. The number of rotatable bonds is 1. The van der Waals surface area contributed by atoms with Gasteiger partial charge in [0.2, 0.25) is 0 Å². The molecule has 0 aliphatic carbocycles. The predicted octanol–water partition coefficient (Wildman–Crippen LogP) is -0.218. The van der Waals surface area contributed by atoms with Crippen molar-refractivity contribution in [1.82, 2.24) is 10.2 Å². The number of nitrogens with zero attached hydrogens (tertiary/aromatic N) is 1. The fourth-order valence-corrected chi connectivity index (χ4v) is 1.19. The van der Waals surface area contributed by atoms with Gasteiger partial charge in [-0.2, -0.15) is 0 Å². The molecule has 2 N–H and O–H groups in total. The van der Waals surface area contributed by atoms with Gasteiger partial charge in [0.05, 0.1) is 18.7 Å². The van der Waals surface area contributed by atoms with Gasteiger partial charge in [-0.15, -0.1) is 0 Å². The maximum Gasteiger partial charge on any atom is 0.317 e. The molecule has 11 heavy (non-hydrogen) atoms. The zero-order chi connectivity index (χ0) is 8.48. The molecule has 4 heteroatoms. The predicted molar refractivity (Wildman–Crippen MR) is 41.3 cm³/mol. The molecule has 1 aliphatic rings. The zero-order valence-corrected chi connectivity index (χ0v) is 6.92. The standard InChI is InChI=1S/C7H14N2O2/c1-3-7(11)4-9(5-7)6(10)8-2/h11H,3-5H2,1-2H3,(H,8,10). The lowest BCUT2D eigenvalue weighted by Crippen LogP contribution is -2.64. The van der Waals surface area contributed by atoms with Crippen LogP contribution in [0.1, 0.15) is 13.3 Å². The summed E-state index contributed by atoms with van der Waals surface area (Å²) in [5, 5.41) is 12.0. The van der Waals surface area contributed by atoms with E-state index in [0.29, 0.717) is 19.5 Å². The second kappa shape index (κ2) is 2.70. The van der Waals surface area contributed by atoms with Gasteiger partial charge in [-0.1, -0.05) is 6.92 Å². The monoisotopic (exact) mass is 158 g/mol. The number of β-amino-alcohol motifs (C(OH)–C–C–N with tert-alkyl or cyclic N) is 1. The molecule has 1 saturated heterocycles. The van der Waals surface area contributed by atoms with Gasteiger partial charge >= 0.3 is 6.03 Å². The largest absolute Gasteiger partial charge is 0.386 e. The molecule has 0 unspecified atom stereocenters. The Morgan fingerprint density at radius 2 is 2.27 bits per heavy atom. The lowest BCUT2D eigenvalue weighted by molar-refractivity contribution is -0.0775. The van der Waals surface area contributed by atoms with E-state index in [2.05, 4.69) is 5.32 Å². The van der Waals surface area contributed by atoms with Crippen molar-refractivity contribution in [3.05, 3.63) is 0 Å². The number of carbonyl (C=O) groups excluding carboxylic acids is 1. The van der Waals surface area contributed by atoms with E-state index in [1.54, 1.807) is 11.9 Å². The molecule has 0 atom stereocenters. The quantitative estimate of drug-likeness (QED) is 0.554. The summed E-state index contributed by atoms with van der Waals surface area (Å²) in [6.45, 7) is 2.84. The highest BCUT2D eigenvalue weighted by molar-refractivity contribution is 5.75. The van der Waals surface area contributed by atoms with Crippen LogP contribution >= 0.6 is 0 Å². The Morgan fingerprint density at radius 3 is 2.64 bits per heavy atom. The van der Waals surface area contributed by atoms with Crippen LogP contribution in [0.25, 0.3) is 0 Å². The number of likely N-dealkylation sites (tertiary alicyclic amines) is 1. The molecule has 1 aliphatic heterocycles. The minimum absolute atomic E-state index is 0.108. The van der Waals surface area contributed by atoms with Crippen molar-refractivity contribution in [2.24, 2.45) is 0 Å². The van der Waals surface area contributed by atoms with E-state index in [0.717, 1.165) is 0 Å². The number of amides is 2. The molecular formula is C7H14N2O2. The summed E-state index contributed by atoms with van der Waals surface area (Å²) in [5.41, 5.74) is -0.619. The number of aliphatic hydroxyl groups is 1. The fraction of sp³-hybridized carbons (Fsp3) is 0.857. The molecular weight excluding hydrogens is 144 g/mol. The minimum Gasteiger partial charge on any atom is -0.386 e. The molecule has 2 amide bonds. The normalized spacial score (nSPS) is 20.8. The molecule has 1 fully saturated rings. The zero-order valence-electron chi connectivity index (χ0n) is 6.92. The molecule has 0 aromatic carbocycles. The topological polar surface area (TPSA) is 52.6 Å². The van der Waals surface area contributed by atoms with Gasteiger partial charge in [-0.3, -0.25) is 0 Å². The lowest BCUT2D eigenvalue weighted by Gasteiger charge is -2.45. The molecule has 1 rings (SSSR count). The molecule has 4 nitrogen and oxygen atoms in total. The van der Waals surface area contributed by atoms with Crippen molar-refractivity contribution in [1.29, 1.82) is 0 Å². The number of carbonyl (C=O) groups is 1. The Kier molecular flexibility index (Phi) is 2.04. The van der Waals surface area contributed by atoms with E-state index >= 15 is 0 Å². The molecule has 64 valence electrons. The van der Waals surface area contributed by atoms with Crippen molar-refractivity contribution in [3.63, 3.8) is 0 Å². The van der Waals surface area contributed by atoms with Crippen LogP contribution in [0.5, 0.6) is 0 Å². The van der Waals surface area contributed by atoms with E-state index in [4.69, 9.17) is 0 Å². The Hall–Kier alpha value is -0.770. The van der Waals surface area contributed by atoms with Crippen LogP contribution in [0, 0.1) is 0 Å². The van der Waals surface area contributed by atoms with E-state index < -0.39 is 5.60 Å². The third kappa shape index (κ3) is 1.45. The summed E-state index contributed by atoms with van der Waals surface area (Å²) in [6.07, 6.45) is 0.709. The van der Waals surface area contributed by atoms with E-state index in [1.165, 1.54) is 0 Å². The lowest BCUT2D eigenvalue weighted by atomic mass is 9.92. The Labute approximate surface area is 66.2 Å². The molecule has 0 aromatic rings. The van der Waals surface area contributed by atoms with Crippen molar-refractivity contribution in [2.45, 2.75) is 18.9 Å². The number of hydrogen-bond donors (Lipinski definition) is 2. The van der Waals surface area contributed by atoms with Gasteiger partial charge in [0.15, 0.2) is 0 Å². The van der Waals surface area contributed by atoms with Gasteiger partial charge in [0.1, 0.15) is 0 Å². The summed E-state index contributed by atoms with van der Waals surface area (Å²) >= 11 is 0. The maximum absolute atomic E-state index is 10.9. The summed E-state index contributed by atoms with van der Waals surface area (Å²) in [5.74, 6) is 0. The Bertz CT molecular complexity index is 164. The highest BCUT2D eigenvalue weighted by Gasteiger charge is 2.41. The van der Waals surface area contributed by atoms with Crippen molar-refractivity contribution in [3.8, 4) is 0 Å². The van der Waals surface area contributed by atoms with Gasteiger partial charge in [-0.05, 0) is 6.42 Å². The first kappa shape index (κ1) is 8.33.